The van der Waals surface area contributed by atoms with Crippen molar-refractivity contribution in [2.75, 3.05) is 30.3 Å². The quantitative estimate of drug-likeness (QED) is 0.690. The average Bonchev–Trinajstić information content (AvgIpc) is 2.75. The van der Waals surface area contributed by atoms with Crippen molar-refractivity contribution in [2.45, 2.75) is 13.0 Å². The monoisotopic (exact) mass is 391 g/mol. The van der Waals surface area contributed by atoms with Gasteiger partial charge in [-0.15, -0.1) is 10.2 Å². The molecule has 0 saturated carbocycles. The number of aromatic nitrogens is 4. The number of nitrogens with two attached hydrogens (primary N) is 1. The predicted molar refractivity (Wildman–Crippen MR) is 108 cm³/mol. The molecule has 1 aliphatic rings. The van der Waals surface area contributed by atoms with Crippen LogP contribution in [0.1, 0.15) is 17.4 Å². The van der Waals surface area contributed by atoms with Crippen molar-refractivity contribution in [3.63, 3.8) is 0 Å². The van der Waals surface area contributed by atoms with Crippen molar-refractivity contribution in [1.82, 2.24) is 25.1 Å². The Morgan fingerprint density at radius 3 is 2.76 bits per heavy atom. The largest absolute Gasteiger partial charge is 0.507 e. The van der Waals surface area contributed by atoms with E-state index < -0.39 is 0 Å². The molecule has 29 heavy (non-hydrogen) atoms. The van der Waals surface area contributed by atoms with Gasteiger partial charge in [-0.2, -0.15) is 0 Å². The standard InChI is InChI=1S/C20H21N7O2/c1-13-11-26(8-9-27(13)20(29)15-6-7-22-12-23-15)17-10-16(24-25-19(17)21)14-4-2-3-5-18(14)28/h2-7,10,12-13,28H,8-9,11H2,1H3,(H2,21,25). The minimum Gasteiger partial charge on any atom is -0.507 e. The van der Waals surface area contributed by atoms with Crippen molar-refractivity contribution in [1.29, 1.82) is 0 Å². The number of nitrogen functional groups attached to an aromatic ring is 1. The fourth-order valence-electron chi connectivity index (χ4n) is 3.51. The van der Waals surface area contributed by atoms with Gasteiger partial charge in [0.2, 0.25) is 0 Å². The summed E-state index contributed by atoms with van der Waals surface area (Å²) in [5.74, 6) is 0.327. The van der Waals surface area contributed by atoms with Gasteiger partial charge < -0.3 is 20.6 Å². The number of benzene rings is 1. The zero-order valence-corrected chi connectivity index (χ0v) is 15.9. The van der Waals surface area contributed by atoms with E-state index in [4.69, 9.17) is 5.73 Å². The number of phenolic OH excluding ortho intramolecular Hbond substituents is 1. The fraction of sp³-hybridized carbons (Fsp3) is 0.250. The highest BCUT2D eigenvalue weighted by Crippen LogP contribution is 2.32. The second-order valence-electron chi connectivity index (χ2n) is 6.91. The highest BCUT2D eigenvalue weighted by molar-refractivity contribution is 5.92. The zero-order valence-electron chi connectivity index (χ0n) is 15.9. The molecule has 4 rings (SSSR count). The molecule has 9 heteroatoms. The topological polar surface area (TPSA) is 121 Å². The Morgan fingerprint density at radius 1 is 1.21 bits per heavy atom. The van der Waals surface area contributed by atoms with E-state index in [2.05, 4.69) is 25.1 Å². The molecule has 1 saturated heterocycles. The Labute approximate surface area is 167 Å². The van der Waals surface area contributed by atoms with Gasteiger partial charge in [0, 0.05) is 37.4 Å². The van der Waals surface area contributed by atoms with Crippen molar-refractivity contribution in [3.8, 4) is 17.0 Å². The van der Waals surface area contributed by atoms with Crippen LogP contribution in [0.25, 0.3) is 11.3 Å². The minimum absolute atomic E-state index is 0.0487. The van der Waals surface area contributed by atoms with Crippen molar-refractivity contribution < 1.29 is 9.90 Å². The third kappa shape index (κ3) is 3.66. The lowest BCUT2D eigenvalue weighted by Crippen LogP contribution is -2.54. The number of para-hydroxylation sites is 1. The summed E-state index contributed by atoms with van der Waals surface area (Å²) in [6.07, 6.45) is 2.93. The maximum atomic E-state index is 12.7. The molecular formula is C20H21N7O2. The van der Waals surface area contributed by atoms with E-state index in [-0.39, 0.29) is 17.7 Å². The summed E-state index contributed by atoms with van der Waals surface area (Å²) in [5, 5.41) is 18.3. The maximum absolute atomic E-state index is 12.7. The van der Waals surface area contributed by atoms with Crippen LogP contribution in [0.5, 0.6) is 5.75 Å². The molecule has 1 unspecified atom stereocenters. The Bertz CT molecular complexity index is 1030. The predicted octanol–water partition coefficient (Wildman–Crippen LogP) is 1.57. The summed E-state index contributed by atoms with van der Waals surface area (Å²) in [7, 11) is 0. The molecule has 0 bridgehead atoms. The van der Waals surface area contributed by atoms with Gasteiger partial charge in [-0.3, -0.25) is 4.79 Å². The number of carbonyl (C=O) groups is 1. The lowest BCUT2D eigenvalue weighted by atomic mass is 10.1. The maximum Gasteiger partial charge on any atom is 0.272 e. The highest BCUT2D eigenvalue weighted by Gasteiger charge is 2.30. The van der Waals surface area contributed by atoms with E-state index in [0.29, 0.717) is 42.4 Å². The number of carbonyl (C=O) groups excluding carboxylic acids is 1. The SMILES string of the molecule is CC1CN(c2cc(-c3ccccc3O)nnc2N)CCN1C(=O)c1ccncn1. The van der Waals surface area contributed by atoms with Crippen LogP contribution in [0, 0.1) is 0 Å². The van der Waals surface area contributed by atoms with Crippen LogP contribution >= 0.6 is 0 Å². The number of nitrogens with zero attached hydrogens (tertiary/aromatic N) is 6. The molecule has 2 aromatic heterocycles. The summed E-state index contributed by atoms with van der Waals surface area (Å²) < 4.78 is 0. The van der Waals surface area contributed by atoms with Crippen LogP contribution in [0.3, 0.4) is 0 Å². The van der Waals surface area contributed by atoms with Crippen LogP contribution in [0.4, 0.5) is 11.5 Å². The number of amides is 1. The van der Waals surface area contributed by atoms with E-state index in [1.165, 1.54) is 6.33 Å². The van der Waals surface area contributed by atoms with Gasteiger partial charge in [-0.1, -0.05) is 12.1 Å². The van der Waals surface area contributed by atoms with Gasteiger partial charge in [-0.25, -0.2) is 9.97 Å². The number of hydrogen-bond acceptors (Lipinski definition) is 8. The van der Waals surface area contributed by atoms with Crippen LogP contribution in [0.2, 0.25) is 0 Å². The highest BCUT2D eigenvalue weighted by atomic mass is 16.3. The van der Waals surface area contributed by atoms with E-state index >= 15 is 0 Å². The molecule has 1 amide bonds. The molecule has 0 spiro atoms. The van der Waals surface area contributed by atoms with Crippen molar-refractivity contribution in [2.24, 2.45) is 0 Å². The first kappa shape index (κ1) is 18.6. The van der Waals surface area contributed by atoms with Gasteiger partial charge >= 0.3 is 0 Å². The molecule has 1 fully saturated rings. The zero-order chi connectivity index (χ0) is 20.4. The average molecular weight is 391 g/mol. The van der Waals surface area contributed by atoms with E-state index in [9.17, 15) is 9.90 Å². The Hall–Kier alpha value is -3.75. The Balaban J connectivity index is 1.56. The number of piperazine rings is 1. The molecule has 3 heterocycles. The number of aromatic hydroxyl groups is 1. The Kier molecular flexibility index (Phi) is 4.94. The first-order valence-electron chi connectivity index (χ1n) is 9.28. The van der Waals surface area contributed by atoms with Gasteiger partial charge in [0.1, 0.15) is 17.8 Å². The van der Waals surface area contributed by atoms with Gasteiger partial charge in [0.15, 0.2) is 5.82 Å². The van der Waals surface area contributed by atoms with Crippen molar-refractivity contribution in [3.05, 3.63) is 54.6 Å². The molecule has 3 N–H and O–H groups in total. The molecule has 1 aliphatic heterocycles. The van der Waals surface area contributed by atoms with Gasteiger partial charge in [0.05, 0.1) is 11.4 Å². The number of rotatable bonds is 3. The molecular weight excluding hydrogens is 370 g/mol. The lowest BCUT2D eigenvalue weighted by molar-refractivity contribution is 0.0668. The summed E-state index contributed by atoms with van der Waals surface area (Å²) in [6, 6.07) is 10.4. The smallest absolute Gasteiger partial charge is 0.272 e. The van der Waals surface area contributed by atoms with Gasteiger partial charge in [-0.05, 0) is 31.2 Å². The number of phenols is 1. The molecule has 148 valence electrons. The second kappa shape index (κ2) is 7.70. The molecule has 1 aromatic carbocycles. The second-order valence-corrected chi connectivity index (χ2v) is 6.91. The molecule has 0 radical (unpaired) electrons. The van der Waals surface area contributed by atoms with E-state index in [1.54, 1.807) is 35.4 Å². The third-order valence-electron chi connectivity index (χ3n) is 5.01. The number of hydrogen-bond donors (Lipinski definition) is 2. The summed E-state index contributed by atoms with van der Waals surface area (Å²) >= 11 is 0. The molecule has 3 aromatic rings. The molecule has 0 aliphatic carbocycles. The first-order chi connectivity index (χ1) is 14.0. The Morgan fingerprint density at radius 2 is 2.03 bits per heavy atom. The first-order valence-corrected chi connectivity index (χ1v) is 9.28. The fourth-order valence-corrected chi connectivity index (χ4v) is 3.51. The summed E-state index contributed by atoms with van der Waals surface area (Å²) in [6.45, 7) is 3.70. The number of anilines is 2. The van der Waals surface area contributed by atoms with Crippen LogP contribution in [0.15, 0.2) is 48.9 Å². The molecule has 1 atom stereocenters. The van der Waals surface area contributed by atoms with Gasteiger partial charge in [0.25, 0.3) is 5.91 Å². The molecule has 9 nitrogen and oxygen atoms in total. The summed E-state index contributed by atoms with van der Waals surface area (Å²) in [4.78, 5) is 24.5. The van der Waals surface area contributed by atoms with Crippen molar-refractivity contribution >= 4 is 17.4 Å². The lowest BCUT2D eigenvalue weighted by Gasteiger charge is -2.41. The van der Waals surface area contributed by atoms with Crippen LogP contribution in [-0.4, -0.2) is 61.8 Å². The third-order valence-corrected chi connectivity index (χ3v) is 5.01. The summed E-state index contributed by atoms with van der Waals surface area (Å²) in [5.41, 5.74) is 8.34. The van der Waals surface area contributed by atoms with Crippen LogP contribution < -0.4 is 10.6 Å². The van der Waals surface area contributed by atoms with E-state index in [1.807, 2.05) is 19.1 Å². The normalized spacial score (nSPS) is 16.7. The van der Waals surface area contributed by atoms with E-state index in [0.717, 1.165) is 5.69 Å². The van der Waals surface area contributed by atoms with Crippen LogP contribution in [-0.2, 0) is 0 Å². The minimum atomic E-state index is -0.115.